The number of amides is 1. The summed E-state index contributed by atoms with van der Waals surface area (Å²) in [5.41, 5.74) is 0.800. The number of halogens is 1. The summed E-state index contributed by atoms with van der Waals surface area (Å²) in [4.78, 5) is 24.7. The molecular weight excluding hydrogens is 295 g/mol. The molecule has 0 spiro atoms. The van der Waals surface area contributed by atoms with Gasteiger partial charge in [0.2, 0.25) is 5.91 Å². The predicted molar refractivity (Wildman–Crippen MR) is 78.6 cm³/mol. The number of rotatable bonds is 5. The molecular formula is C14H17FN2O3S. The number of carbonyl (C=O) groups excluding carboxylic acids is 1. The van der Waals surface area contributed by atoms with E-state index in [0.29, 0.717) is 18.8 Å². The van der Waals surface area contributed by atoms with Crippen molar-refractivity contribution >= 4 is 23.6 Å². The minimum absolute atomic E-state index is 0.0682. The second-order valence-corrected chi connectivity index (χ2v) is 5.95. The summed E-state index contributed by atoms with van der Waals surface area (Å²) >= 11 is 1.58. The monoisotopic (exact) mass is 312 g/mol. The summed E-state index contributed by atoms with van der Waals surface area (Å²) in [7, 11) is 0. The summed E-state index contributed by atoms with van der Waals surface area (Å²) in [6.45, 7) is 0.962. The largest absolute Gasteiger partial charge is 0.480 e. The number of thioether (sulfide) groups is 1. The first-order valence-electron chi connectivity index (χ1n) is 6.62. The van der Waals surface area contributed by atoms with E-state index in [-0.39, 0.29) is 18.3 Å². The van der Waals surface area contributed by atoms with E-state index in [4.69, 9.17) is 5.11 Å². The highest BCUT2D eigenvalue weighted by atomic mass is 32.2. The Bertz CT molecular complexity index is 509. The van der Waals surface area contributed by atoms with Gasteiger partial charge in [0.1, 0.15) is 11.9 Å². The van der Waals surface area contributed by atoms with Gasteiger partial charge in [-0.15, -0.1) is 0 Å². The van der Waals surface area contributed by atoms with Gasteiger partial charge in [0.15, 0.2) is 0 Å². The normalized spacial score (nSPS) is 19.2. The smallest absolute Gasteiger partial charge is 0.321 e. The van der Waals surface area contributed by atoms with Crippen molar-refractivity contribution in [2.45, 2.75) is 12.6 Å². The number of hydrogen-bond acceptors (Lipinski definition) is 4. The van der Waals surface area contributed by atoms with Gasteiger partial charge >= 0.3 is 5.97 Å². The Labute approximate surface area is 126 Å². The molecule has 114 valence electrons. The van der Waals surface area contributed by atoms with E-state index in [1.165, 1.54) is 12.1 Å². The van der Waals surface area contributed by atoms with E-state index in [2.05, 4.69) is 5.32 Å². The number of nitrogens with zero attached hydrogens (tertiary/aromatic N) is 1. The third-order valence-electron chi connectivity index (χ3n) is 3.27. The lowest BCUT2D eigenvalue weighted by molar-refractivity contribution is -0.143. The molecule has 0 radical (unpaired) electrons. The van der Waals surface area contributed by atoms with Crippen LogP contribution in [0.2, 0.25) is 0 Å². The molecule has 21 heavy (non-hydrogen) atoms. The van der Waals surface area contributed by atoms with Gasteiger partial charge in [-0.3, -0.25) is 14.5 Å². The van der Waals surface area contributed by atoms with Crippen LogP contribution in [0.1, 0.15) is 5.56 Å². The Morgan fingerprint density at radius 3 is 2.76 bits per heavy atom. The molecule has 7 heteroatoms. The van der Waals surface area contributed by atoms with Gasteiger partial charge in [0, 0.05) is 24.6 Å². The zero-order valence-electron chi connectivity index (χ0n) is 11.4. The molecule has 1 amide bonds. The molecule has 1 heterocycles. The van der Waals surface area contributed by atoms with Crippen LogP contribution in [0.5, 0.6) is 0 Å². The van der Waals surface area contributed by atoms with Crippen LogP contribution in [0, 0.1) is 5.82 Å². The molecule has 0 bridgehead atoms. The Morgan fingerprint density at radius 1 is 1.38 bits per heavy atom. The number of benzene rings is 1. The average Bonchev–Trinajstić information content (AvgIpc) is 2.47. The van der Waals surface area contributed by atoms with Crippen LogP contribution in [0.3, 0.4) is 0 Å². The van der Waals surface area contributed by atoms with Gasteiger partial charge in [-0.05, 0) is 17.7 Å². The lowest BCUT2D eigenvalue weighted by atomic mass is 10.2. The number of hydrogen-bond donors (Lipinski definition) is 2. The molecule has 0 aromatic heterocycles. The molecule has 1 aliphatic heterocycles. The first-order valence-corrected chi connectivity index (χ1v) is 7.77. The fourth-order valence-corrected chi connectivity index (χ4v) is 3.20. The van der Waals surface area contributed by atoms with E-state index in [1.54, 1.807) is 28.8 Å². The zero-order chi connectivity index (χ0) is 15.2. The summed E-state index contributed by atoms with van der Waals surface area (Å²) in [5.74, 6) is -0.110. The minimum Gasteiger partial charge on any atom is -0.480 e. The second-order valence-electron chi connectivity index (χ2n) is 4.80. The maximum absolute atomic E-state index is 12.8. The minimum atomic E-state index is -0.895. The zero-order valence-corrected chi connectivity index (χ0v) is 12.2. The summed E-state index contributed by atoms with van der Waals surface area (Å²) in [6.07, 6.45) is 0. The molecule has 1 aliphatic rings. The van der Waals surface area contributed by atoms with Gasteiger partial charge in [-0.25, -0.2) is 4.39 Å². The number of nitrogens with one attached hydrogen (secondary N) is 1. The molecule has 1 saturated heterocycles. The van der Waals surface area contributed by atoms with Crippen LogP contribution in [0.15, 0.2) is 24.3 Å². The van der Waals surface area contributed by atoms with Crippen LogP contribution in [-0.2, 0) is 16.1 Å². The lowest BCUT2D eigenvalue weighted by Gasteiger charge is -2.31. The fourth-order valence-electron chi connectivity index (χ4n) is 2.10. The molecule has 5 nitrogen and oxygen atoms in total. The molecule has 1 aromatic rings. The molecule has 0 saturated carbocycles. The van der Waals surface area contributed by atoms with Gasteiger partial charge < -0.3 is 10.4 Å². The van der Waals surface area contributed by atoms with E-state index in [1.807, 2.05) is 0 Å². The van der Waals surface area contributed by atoms with Crippen LogP contribution in [0.25, 0.3) is 0 Å². The first kappa shape index (κ1) is 15.8. The molecule has 1 atom stereocenters. The third-order valence-corrected chi connectivity index (χ3v) is 4.30. The summed E-state index contributed by atoms with van der Waals surface area (Å²) in [6, 6.07) is 5.27. The Hall–Kier alpha value is -1.60. The van der Waals surface area contributed by atoms with Crippen molar-refractivity contribution in [3.8, 4) is 0 Å². The van der Waals surface area contributed by atoms with E-state index in [0.717, 1.165) is 11.3 Å². The maximum Gasteiger partial charge on any atom is 0.321 e. The second kappa shape index (κ2) is 7.42. The summed E-state index contributed by atoms with van der Waals surface area (Å²) < 4.78 is 12.8. The maximum atomic E-state index is 12.8. The molecule has 0 aliphatic carbocycles. The predicted octanol–water partition coefficient (Wildman–Crippen LogP) is 0.944. The van der Waals surface area contributed by atoms with Crippen molar-refractivity contribution in [3.63, 3.8) is 0 Å². The number of carboxylic acids is 1. The van der Waals surface area contributed by atoms with Crippen LogP contribution in [-0.4, -0.2) is 52.5 Å². The van der Waals surface area contributed by atoms with Crippen molar-refractivity contribution < 1.29 is 19.1 Å². The molecule has 1 unspecified atom stereocenters. The van der Waals surface area contributed by atoms with E-state index in [9.17, 15) is 14.0 Å². The SMILES string of the molecule is O=C(CN1CCSCC1C(=O)O)NCc1ccc(F)cc1. The third kappa shape index (κ3) is 4.71. The van der Waals surface area contributed by atoms with Crippen LogP contribution in [0.4, 0.5) is 4.39 Å². The first-order chi connectivity index (χ1) is 10.1. The molecule has 2 rings (SSSR count). The number of carbonyl (C=O) groups is 2. The van der Waals surface area contributed by atoms with Gasteiger partial charge in [0.05, 0.1) is 6.54 Å². The highest BCUT2D eigenvalue weighted by molar-refractivity contribution is 7.99. The topological polar surface area (TPSA) is 69.6 Å². The van der Waals surface area contributed by atoms with E-state index >= 15 is 0 Å². The van der Waals surface area contributed by atoms with Crippen molar-refractivity contribution in [1.82, 2.24) is 10.2 Å². The van der Waals surface area contributed by atoms with Crippen molar-refractivity contribution in [2.75, 3.05) is 24.6 Å². The lowest BCUT2D eigenvalue weighted by Crippen LogP contribution is -2.50. The fraction of sp³-hybridized carbons (Fsp3) is 0.429. The van der Waals surface area contributed by atoms with Crippen molar-refractivity contribution in [1.29, 1.82) is 0 Å². The van der Waals surface area contributed by atoms with Gasteiger partial charge in [0.25, 0.3) is 0 Å². The average molecular weight is 312 g/mol. The van der Waals surface area contributed by atoms with Crippen molar-refractivity contribution in [3.05, 3.63) is 35.6 Å². The summed E-state index contributed by atoms with van der Waals surface area (Å²) in [5, 5.41) is 11.9. The molecule has 1 fully saturated rings. The molecule has 2 N–H and O–H groups in total. The Kier molecular flexibility index (Phi) is 5.58. The highest BCUT2D eigenvalue weighted by Gasteiger charge is 2.29. The standard InChI is InChI=1S/C14H17FN2O3S/c15-11-3-1-10(2-4-11)7-16-13(18)8-17-5-6-21-9-12(17)14(19)20/h1-4,12H,5-9H2,(H,16,18)(H,19,20). The van der Waals surface area contributed by atoms with Crippen molar-refractivity contribution in [2.24, 2.45) is 0 Å². The van der Waals surface area contributed by atoms with Crippen LogP contribution >= 0.6 is 11.8 Å². The van der Waals surface area contributed by atoms with E-state index < -0.39 is 12.0 Å². The quantitative estimate of drug-likeness (QED) is 0.847. The Balaban J connectivity index is 1.83. The molecule has 1 aromatic carbocycles. The van der Waals surface area contributed by atoms with Crippen LogP contribution < -0.4 is 5.32 Å². The van der Waals surface area contributed by atoms with Gasteiger partial charge in [-0.2, -0.15) is 11.8 Å². The number of carboxylic acid groups (broad SMARTS) is 1. The number of aliphatic carboxylic acids is 1. The Morgan fingerprint density at radius 2 is 2.10 bits per heavy atom. The highest BCUT2D eigenvalue weighted by Crippen LogP contribution is 2.16. The van der Waals surface area contributed by atoms with Gasteiger partial charge in [-0.1, -0.05) is 12.1 Å².